The van der Waals surface area contributed by atoms with Crippen LogP contribution in [0.2, 0.25) is 0 Å². The number of rotatable bonds is 3. The molecule has 7 heteroatoms. The Morgan fingerprint density at radius 1 is 1.23 bits per heavy atom. The van der Waals surface area contributed by atoms with E-state index in [9.17, 15) is 4.39 Å². The number of nitrogens with two attached hydrogens (primary N) is 1. The summed E-state index contributed by atoms with van der Waals surface area (Å²) in [5, 5.41) is 7.39. The molecule has 0 radical (unpaired) electrons. The SMILES string of the molecule is Cc1cc(N2CCC[C@@H](c3[nH]ncc3-c3ccc(F)cc3)C2)nc(N)n1. The van der Waals surface area contributed by atoms with Gasteiger partial charge in [-0.2, -0.15) is 10.1 Å². The van der Waals surface area contributed by atoms with Gasteiger partial charge in [-0.1, -0.05) is 12.1 Å². The van der Waals surface area contributed by atoms with Crippen molar-refractivity contribution in [2.45, 2.75) is 25.7 Å². The van der Waals surface area contributed by atoms with E-state index >= 15 is 0 Å². The molecule has 3 aromatic rings. The lowest BCUT2D eigenvalue weighted by Crippen LogP contribution is -2.35. The first-order chi connectivity index (χ1) is 12.6. The van der Waals surface area contributed by atoms with Crippen molar-refractivity contribution in [3.05, 3.63) is 53.7 Å². The van der Waals surface area contributed by atoms with Gasteiger partial charge in [-0.3, -0.25) is 5.10 Å². The fourth-order valence-electron chi connectivity index (χ4n) is 3.62. The average molecular weight is 352 g/mol. The third-order valence-corrected chi connectivity index (χ3v) is 4.84. The average Bonchev–Trinajstić information content (AvgIpc) is 3.11. The molecule has 0 amide bonds. The van der Waals surface area contributed by atoms with E-state index < -0.39 is 0 Å². The number of aryl methyl sites for hydroxylation is 1. The Morgan fingerprint density at radius 3 is 2.81 bits per heavy atom. The Bertz CT molecular complexity index is 884. The summed E-state index contributed by atoms with van der Waals surface area (Å²) < 4.78 is 13.2. The lowest BCUT2D eigenvalue weighted by atomic mass is 9.90. The topological polar surface area (TPSA) is 83.7 Å². The quantitative estimate of drug-likeness (QED) is 0.756. The number of benzene rings is 1. The van der Waals surface area contributed by atoms with Crippen LogP contribution in [0.1, 0.15) is 30.1 Å². The minimum atomic E-state index is -0.237. The van der Waals surface area contributed by atoms with Crippen LogP contribution in [0, 0.1) is 12.7 Å². The summed E-state index contributed by atoms with van der Waals surface area (Å²) in [4.78, 5) is 10.8. The number of aromatic nitrogens is 4. The van der Waals surface area contributed by atoms with Crippen molar-refractivity contribution in [1.29, 1.82) is 0 Å². The third kappa shape index (κ3) is 3.24. The smallest absolute Gasteiger partial charge is 0.222 e. The van der Waals surface area contributed by atoms with Crippen molar-refractivity contribution in [3.63, 3.8) is 0 Å². The zero-order valence-corrected chi connectivity index (χ0v) is 14.6. The summed E-state index contributed by atoms with van der Waals surface area (Å²) in [6.07, 6.45) is 3.93. The number of piperidine rings is 1. The maximum atomic E-state index is 13.2. The predicted octanol–water partition coefficient (Wildman–Crippen LogP) is 3.28. The lowest BCUT2D eigenvalue weighted by Gasteiger charge is -2.33. The van der Waals surface area contributed by atoms with Gasteiger partial charge in [0.2, 0.25) is 5.95 Å². The summed E-state index contributed by atoms with van der Waals surface area (Å²) in [6.45, 7) is 3.68. The highest BCUT2D eigenvalue weighted by Gasteiger charge is 2.26. The van der Waals surface area contributed by atoms with Crippen LogP contribution in [0.25, 0.3) is 11.1 Å². The van der Waals surface area contributed by atoms with Crippen LogP contribution < -0.4 is 10.6 Å². The van der Waals surface area contributed by atoms with E-state index in [2.05, 4.69) is 25.1 Å². The number of aromatic amines is 1. The predicted molar refractivity (Wildman–Crippen MR) is 99.4 cm³/mol. The van der Waals surface area contributed by atoms with Crippen LogP contribution in [0.15, 0.2) is 36.5 Å². The van der Waals surface area contributed by atoms with Gasteiger partial charge in [-0.25, -0.2) is 9.37 Å². The molecule has 3 heterocycles. The molecule has 0 aliphatic carbocycles. The lowest BCUT2D eigenvalue weighted by molar-refractivity contribution is 0.498. The van der Waals surface area contributed by atoms with E-state index in [0.29, 0.717) is 11.9 Å². The molecular formula is C19H21FN6. The number of nitrogen functional groups attached to an aromatic ring is 1. The molecule has 1 atom stereocenters. The van der Waals surface area contributed by atoms with Crippen LogP contribution in [-0.2, 0) is 0 Å². The van der Waals surface area contributed by atoms with Gasteiger partial charge in [0.1, 0.15) is 11.6 Å². The Hall–Kier alpha value is -2.96. The van der Waals surface area contributed by atoms with E-state index in [0.717, 1.165) is 54.3 Å². The number of anilines is 2. The number of halogens is 1. The van der Waals surface area contributed by atoms with Gasteiger partial charge in [-0.15, -0.1) is 0 Å². The van der Waals surface area contributed by atoms with Crippen molar-refractivity contribution in [1.82, 2.24) is 20.2 Å². The second kappa shape index (κ2) is 6.74. The number of nitrogens with one attached hydrogen (secondary N) is 1. The van der Waals surface area contributed by atoms with Crippen molar-refractivity contribution >= 4 is 11.8 Å². The number of nitrogens with zero attached hydrogens (tertiary/aromatic N) is 4. The van der Waals surface area contributed by atoms with Crippen LogP contribution in [0.5, 0.6) is 0 Å². The van der Waals surface area contributed by atoms with Crippen molar-refractivity contribution in [2.24, 2.45) is 0 Å². The molecule has 6 nitrogen and oxygen atoms in total. The van der Waals surface area contributed by atoms with Crippen molar-refractivity contribution < 1.29 is 4.39 Å². The molecule has 1 aliphatic heterocycles. The third-order valence-electron chi connectivity index (χ3n) is 4.84. The molecule has 1 fully saturated rings. The van der Waals surface area contributed by atoms with Crippen LogP contribution >= 0.6 is 0 Å². The molecule has 134 valence electrons. The Labute approximate surface area is 151 Å². The first kappa shape index (κ1) is 16.5. The first-order valence-electron chi connectivity index (χ1n) is 8.75. The van der Waals surface area contributed by atoms with Crippen LogP contribution in [0.4, 0.5) is 16.2 Å². The molecule has 2 aromatic heterocycles. The first-order valence-corrected chi connectivity index (χ1v) is 8.75. The van der Waals surface area contributed by atoms with Gasteiger partial charge < -0.3 is 10.6 Å². The molecule has 0 saturated carbocycles. The van der Waals surface area contributed by atoms with E-state index in [-0.39, 0.29) is 5.82 Å². The molecule has 26 heavy (non-hydrogen) atoms. The van der Waals surface area contributed by atoms with Gasteiger partial charge >= 0.3 is 0 Å². The Kier molecular flexibility index (Phi) is 4.28. The second-order valence-electron chi connectivity index (χ2n) is 6.72. The Morgan fingerprint density at radius 2 is 2.04 bits per heavy atom. The minimum absolute atomic E-state index is 0.237. The van der Waals surface area contributed by atoms with E-state index in [1.165, 1.54) is 12.1 Å². The van der Waals surface area contributed by atoms with Gasteiger partial charge in [-0.05, 0) is 37.5 Å². The number of H-pyrrole nitrogens is 1. The molecule has 1 aromatic carbocycles. The molecular weight excluding hydrogens is 331 g/mol. The highest BCUT2D eigenvalue weighted by molar-refractivity contribution is 5.66. The summed E-state index contributed by atoms with van der Waals surface area (Å²) >= 11 is 0. The summed E-state index contributed by atoms with van der Waals surface area (Å²) in [5.41, 5.74) is 9.75. The summed E-state index contributed by atoms with van der Waals surface area (Å²) in [7, 11) is 0. The number of hydrogen-bond donors (Lipinski definition) is 2. The van der Waals surface area contributed by atoms with Gasteiger partial charge in [0.15, 0.2) is 0 Å². The second-order valence-corrected chi connectivity index (χ2v) is 6.72. The molecule has 0 spiro atoms. The van der Waals surface area contributed by atoms with E-state index in [1.54, 1.807) is 12.1 Å². The van der Waals surface area contributed by atoms with Crippen LogP contribution in [-0.4, -0.2) is 33.3 Å². The van der Waals surface area contributed by atoms with Gasteiger partial charge in [0.25, 0.3) is 0 Å². The van der Waals surface area contributed by atoms with Gasteiger partial charge in [0, 0.05) is 42.0 Å². The fourth-order valence-corrected chi connectivity index (χ4v) is 3.62. The van der Waals surface area contributed by atoms with Crippen molar-refractivity contribution in [3.8, 4) is 11.1 Å². The zero-order chi connectivity index (χ0) is 18.1. The molecule has 0 bridgehead atoms. The monoisotopic (exact) mass is 352 g/mol. The Balaban J connectivity index is 1.61. The van der Waals surface area contributed by atoms with Crippen LogP contribution in [0.3, 0.4) is 0 Å². The maximum absolute atomic E-state index is 13.2. The summed E-state index contributed by atoms with van der Waals surface area (Å²) in [5.74, 6) is 1.22. The standard InChI is InChI=1S/C19H21FN6/c1-12-9-17(24-19(21)23-12)26-8-2-3-14(11-26)18-16(10-22-25-18)13-4-6-15(20)7-5-13/h4-7,9-10,14H,2-3,8,11H2,1H3,(H,22,25)(H2,21,23,24)/t14-/m1/s1. The summed E-state index contributed by atoms with van der Waals surface area (Å²) in [6, 6.07) is 8.50. The largest absolute Gasteiger partial charge is 0.368 e. The molecule has 4 rings (SSSR count). The van der Waals surface area contributed by atoms with E-state index in [1.807, 2.05) is 19.2 Å². The highest BCUT2D eigenvalue weighted by Crippen LogP contribution is 2.34. The normalized spacial score (nSPS) is 17.5. The van der Waals surface area contributed by atoms with E-state index in [4.69, 9.17) is 5.73 Å². The minimum Gasteiger partial charge on any atom is -0.368 e. The molecule has 3 N–H and O–H groups in total. The zero-order valence-electron chi connectivity index (χ0n) is 14.6. The fraction of sp³-hybridized carbons (Fsp3) is 0.316. The molecule has 1 aliphatic rings. The number of hydrogen-bond acceptors (Lipinski definition) is 5. The maximum Gasteiger partial charge on any atom is 0.222 e. The van der Waals surface area contributed by atoms with Crippen molar-refractivity contribution in [2.75, 3.05) is 23.7 Å². The highest BCUT2D eigenvalue weighted by atomic mass is 19.1. The molecule has 1 saturated heterocycles. The van der Waals surface area contributed by atoms with Gasteiger partial charge in [0.05, 0.1) is 6.20 Å². The molecule has 0 unspecified atom stereocenters.